The molecule has 3 heteroatoms. The lowest BCUT2D eigenvalue weighted by molar-refractivity contribution is 0.457. The molecular weight excluding hydrogens is 244 g/mol. The van der Waals surface area contributed by atoms with Crippen molar-refractivity contribution in [2.75, 3.05) is 5.32 Å². The summed E-state index contributed by atoms with van der Waals surface area (Å²) in [5.74, 6) is 0.696. The Labute approximate surface area is 114 Å². The van der Waals surface area contributed by atoms with Gasteiger partial charge in [0.1, 0.15) is 6.07 Å². The predicted octanol–water partition coefficient (Wildman–Crippen LogP) is 4.59. The third-order valence-electron chi connectivity index (χ3n) is 3.80. The summed E-state index contributed by atoms with van der Waals surface area (Å²) in [6.07, 6.45) is 6.50. The van der Waals surface area contributed by atoms with Crippen molar-refractivity contribution < 1.29 is 0 Å². The molecule has 1 N–H and O–H groups in total. The van der Waals surface area contributed by atoms with Crippen LogP contribution in [-0.4, -0.2) is 6.04 Å². The molecule has 0 bridgehead atoms. The number of halogens is 1. The fourth-order valence-corrected chi connectivity index (χ4v) is 2.84. The first-order valence-corrected chi connectivity index (χ1v) is 7.04. The summed E-state index contributed by atoms with van der Waals surface area (Å²) in [5, 5.41) is 13.0. The summed E-state index contributed by atoms with van der Waals surface area (Å²) in [4.78, 5) is 0. The van der Waals surface area contributed by atoms with Crippen molar-refractivity contribution in [2.24, 2.45) is 5.92 Å². The molecule has 2 atom stereocenters. The number of benzene rings is 1. The molecule has 1 fully saturated rings. The Bertz CT molecular complexity index is 450. The summed E-state index contributed by atoms with van der Waals surface area (Å²) >= 11 is 6.05. The number of nitrogens with one attached hydrogen (secondary N) is 1. The molecule has 0 amide bonds. The van der Waals surface area contributed by atoms with Crippen LogP contribution in [0.25, 0.3) is 0 Å². The average Bonchev–Trinajstić information content (AvgIpc) is 2.55. The molecule has 18 heavy (non-hydrogen) atoms. The number of nitriles is 1. The first kappa shape index (κ1) is 13.2. The van der Waals surface area contributed by atoms with Crippen molar-refractivity contribution >= 4 is 17.3 Å². The zero-order chi connectivity index (χ0) is 13.0. The molecule has 2 rings (SSSR count). The molecule has 0 heterocycles. The lowest BCUT2D eigenvalue weighted by Crippen LogP contribution is -2.26. The number of rotatable bonds is 2. The van der Waals surface area contributed by atoms with Crippen LogP contribution in [0.4, 0.5) is 5.69 Å². The monoisotopic (exact) mass is 262 g/mol. The van der Waals surface area contributed by atoms with Gasteiger partial charge in [0.05, 0.1) is 10.6 Å². The Balaban J connectivity index is 2.08. The minimum Gasteiger partial charge on any atom is -0.382 e. The zero-order valence-corrected chi connectivity index (χ0v) is 11.5. The zero-order valence-electron chi connectivity index (χ0n) is 10.7. The second-order valence-electron chi connectivity index (χ2n) is 5.17. The normalized spacial score (nSPS) is 24.1. The van der Waals surface area contributed by atoms with Crippen LogP contribution in [0.5, 0.6) is 0 Å². The van der Waals surface area contributed by atoms with E-state index in [-0.39, 0.29) is 0 Å². The van der Waals surface area contributed by atoms with Gasteiger partial charge in [-0.15, -0.1) is 0 Å². The van der Waals surface area contributed by atoms with Gasteiger partial charge in [-0.2, -0.15) is 5.26 Å². The maximum absolute atomic E-state index is 8.86. The van der Waals surface area contributed by atoms with Crippen molar-refractivity contribution in [3.63, 3.8) is 0 Å². The lowest BCUT2D eigenvalue weighted by atomic mass is 9.96. The summed E-state index contributed by atoms with van der Waals surface area (Å²) < 4.78 is 0. The van der Waals surface area contributed by atoms with E-state index in [1.54, 1.807) is 6.07 Å². The van der Waals surface area contributed by atoms with Crippen molar-refractivity contribution in [3.05, 3.63) is 28.8 Å². The van der Waals surface area contributed by atoms with Gasteiger partial charge in [0.25, 0.3) is 0 Å². The van der Waals surface area contributed by atoms with Crippen molar-refractivity contribution in [1.29, 1.82) is 5.26 Å². The Morgan fingerprint density at radius 3 is 2.78 bits per heavy atom. The van der Waals surface area contributed by atoms with Gasteiger partial charge in [-0.1, -0.05) is 37.8 Å². The molecule has 0 radical (unpaired) electrons. The number of nitrogens with zero attached hydrogens (tertiary/aromatic N) is 1. The largest absolute Gasteiger partial charge is 0.382 e. The highest BCUT2D eigenvalue weighted by atomic mass is 35.5. The van der Waals surface area contributed by atoms with Gasteiger partial charge in [0, 0.05) is 11.7 Å². The highest BCUT2D eigenvalue weighted by Gasteiger charge is 2.19. The second-order valence-corrected chi connectivity index (χ2v) is 5.58. The standard InChI is InChI=1S/C15H19ClN2/c1-11-5-3-2-4-6-15(11)18-13-8-7-12(10-17)14(16)9-13/h7-9,11,15,18H,2-6H2,1H3. The van der Waals surface area contributed by atoms with Gasteiger partial charge in [-0.25, -0.2) is 0 Å². The van der Waals surface area contributed by atoms with Crippen LogP contribution in [0.1, 0.15) is 44.6 Å². The van der Waals surface area contributed by atoms with Gasteiger partial charge in [-0.05, 0) is 37.0 Å². The predicted molar refractivity (Wildman–Crippen MR) is 75.8 cm³/mol. The first-order valence-electron chi connectivity index (χ1n) is 6.67. The highest BCUT2D eigenvalue weighted by Crippen LogP contribution is 2.27. The van der Waals surface area contributed by atoms with Crippen LogP contribution >= 0.6 is 11.6 Å². The molecule has 1 aliphatic carbocycles. The van der Waals surface area contributed by atoms with Crippen LogP contribution in [0.3, 0.4) is 0 Å². The summed E-state index contributed by atoms with van der Waals surface area (Å²) in [5.41, 5.74) is 1.56. The molecule has 1 saturated carbocycles. The lowest BCUT2D eigenvalue weighted by Gasteiger charge is -2.24. The quantitative estimate of drug-likeness (QED) is 0.791. The van der Waals surface area contributed by atoms with Gasteiger partial charge in [-0.3, -0.25) is 0 Å². The molecule has 2 unspecified atom stereocenters. The molecular formula is C15H19ClN2. The topological polar surface area (TPSA) is 35.8 Å². The molecule has 1 aliphatic rings. The van der Waals surface area contributed by atoms with Crippen LogP contribution in [0.15, 0.2) is 18.2 Å². The molecule has 0 spiro atoms. The first-order chi connectivity index (χ1) is 8.70. The van der Waals surface area contributed by atoms with Gasteiger partial charge < -0.3 is 5.32 Å². The van der Waals surface area contributed by atoms with Crippen molar-refractivity contribution in [1.82, 2.24) is 0 Å². The van der Waals surface area contributed by atoms with E-state index in [4.69, 9.17) is 16.9 Å². The average molecular weight is 263 g/mol. The molecule has 0 saturated heterocycles. The van der Waals surface area contributed by atoms with E-state index >= 15 is 0 Å². The minimum absolute atomic E-state index is 0.525. The van der Waals surface area contributed by atoms with Crippen LogP contribution in [0.2, 0.25) is 5.02 Å². The van der Waals surface area contributed by atoms with E-state index in [1.165, 1.54) is 32.1 Å². The smallest absolute Gasteiger partial charge is 0.101 e. The second kappa shape index (κ2) is 6.11. The molecule has 0 aromatic heterocycles. The van der Waals surface area contributed by atoms with Gasteiger partial charge in [0.15, 0.2) is 0 Å². The maximum Gasteiger partial charge on any atom is 0.101 e. The van der Waals surface area contributed by atoms with Crippen LogP contribution in [0, 0.1) is 17.2 Å². The summed E-state index contributed by atoms with van der Waals surface area (Å²) in [6.45, 7) is 2.31. The molecule has 0 aliphatic heterocycles. The van der Waals surface area contributed by atoms with E-state index in [9.17, 15) is 0 Å². The fraction of sp³-hybridized carbons (Fsp3) is 0.533. The molecule has 2 nitrogen and oxygen atoms in total. The Hall–Kier alpha value is -1.20. The summed E-state index contributed by atoms with van der Waals surface area (Å²) in [6, 6.07) is 8.20. The van der Waals surface area contributed by atoms with Crippen LogP contribution < -0.4 is 5.32 Å². The maximum atomic E-state index is 8.86. The van der Waals surface area contributed by atoms with Gasteiger partial charge >= 0.3 is 0 Å². The van der Waals surface area contributed by atoms with E-state index in [2.05, 4.69) is 18.3 Å². The number of hydrogen-bond acceptors (Lipinski definition) is 2. The number of anilines is 1. The minimum atomic E-state index is 0.525. The van der Waals surface area contributed by atoms with E-state index < -0.39 is 0 Å². The van der Waals surface area contributed by atoms with E-state index in [1.807, 2.05) is 12.1 Å². The van der Waals surface area contributed by atoms with Crippen molar-refractivity contribution in [3.8, 4) is 6.07 Å². The third-order valence-corrected chi connectivity index (χ3v) is 4.12. The molecule has 1 aromatic rings. The number of hydrogen-bond donors (Lipinski definition) is 1. The highest BCUT2D eigenvalue weighted by molar-refractivity contribution is 6.32. The molecule has 1 aromatic carbocycles. The van der Waals surface area contributed by atoms with Crippen molar-refractivity contribution in [2.45, 2.75) is 45.1 Å². The SMILES string of the molecule is CC1CCCCCC1Nc1ccc(C#N)c(Cl)c1. The van der Waals surface area contributed by atoms with E-state index in [0.717, 1.165) is 5.69 Å². The van der Waals surface area contributed by atoms with E-state index in [0.29, 0.717) is 22.5 Å². The Kier molecular flexibility index (Phi) is 4.49. The Morgan fingerprint density at radius 1 is 1.28 bits per heavy atom. The van der Waals surface area contributed by atoms with Crippen LogP contribution in [-0.2, 0) is 0 Å². The molecule has 96 valence electrons. The Morgan fingerprint density at radius 2 is 2.06 bits per heavy atom. The van der Waals surface area contributed by atoms with Gasteiger partial charge in [0.2, 0.25) is 0 Å². The summed E-state index contributed by atoms with van der Waals surface area (Å²) in [7, 11) is 0. The third kappa shape index (κ3) is 3.17. The fourth-order valence-electron chi connectivity index (χ4n) is 2.62.